The van der Waals surface area contributed by atoms with Crippen molar-refractivity contribution in [3.05, 3.63) is 88.1 Å². The third-order valence-electron chi connectivity index (χ3n) is 5.14. The van der Waals surface area contributed by atoms with Crippen molar-refractivity contribution in [2.45, 2.75) is 0 Å². The molecule has 0 aliphatic rings. The number of hydrogen-bond donors (Lipinski definition) is 0. The fourth-order valence-corrected chi connectivity index (χ4v) is 4.64. The average Bonchev–Trinajstić information content (AvgIpc) is 3.24. The van der Waals surface area contributed by atoms with Crippen LogP contribution >= 0.6 is 22.9 Å². The van der Waals surface area contributed by atoms with Crippen molar-refractivity contribution in [3.63, 3.8) is 0 Å². The molecule has 5 aromatic rings. The predicted molar refractivity (Wildman–Crippen MR) is 129 cm³/mol. The molecule has 0 aliphatic heterocycles. The lowest BCUT2D eigenvalue weighted by Gasteiger charge is -2.10. The third kappa shape index (κ3) is 3.55. The van der Waals surface area contributed by atoms with Crippen LogP contribution in [0.3, 0.4) is 0 Å². The number of carbonyl (C=O) groups excluding carboxylic acids is 1. The van der Waals surface area contributed by atoms with Crippen LogP contribution in [0, 0.1) is 0 Å². The largest absolute Gasteiger partial charge is 0.343 e. The molecule has 0 unspecified atom stereocenters. The van der Waals surface area contributed by atoms with Gasteiger partial charge in [0, 0.05) is 29.4 Å². The van der Waals surface area contributed by atoms with Gasteiger partial charge in [0.15, 0.2) is 0 Å². The van der Waals surface area contributed by atoms with E-state index in [4.69, 9.17) is 11.6 Å². The van der Waals surface area contributed by atoms with Gasteiger partial charge in [0.05, 0.1) is 16.7 Å². The van der Waals surface area contributed by atoms with Crippen LogP contribution in [0.5, 0.6) is 0 Å². The Balaban J connectivity index is 1.57. The van der Waals surface area contributed by atoms with Crippen LogP contribution in [0.2, 0.25) is 5.02 Å². The Morgan fingerprint density at radius 3 is 2.53 bits per heavy atom. The zero-order valence-electron chi connectivity index (χ0n) is 17.2. The summed E-state index contributed by atoms with van der Waals surface area (Å²) in [7, 11) is 3.38. The maximum atomic E-state index is 13.2. The SMILES string of the molecule is CN(C)C(=O)c1ccc2cc(-n3cnc4cc(-c5ccc(Cl)cc5)sc4c3=O)ccc2n1. The van der Waals surface area contributed by atoms with Crippen LogP contribution in [0.25, 0.3) is 37.2 Å². The van der Waals surface area contributed by atoms with E-state index in [0.717, 1.165) is 15.8 Å². The number of fused-ring (bicyclic) bond motifs is 2. The first-order valence-electron chi connectivity index (χ1n) is 9.81. The second kappa shape index (κ2) is 7.85. The minimum absolute atomic E-state index is 0.132. The molecule has 0 bridgehead atoms. The first-order chi connectivity index (χ1) is 15.4. The summed E-state index contributed by atoms with van der Waals surface area (Å²) in [5.74, 6) is -0.156. The minimum Gasteiger partial charge on any atom is -0.343 e. The first-order valence-corrected chi connectivity index (χ1v) is 11.0. The summed E-state index contributed by atoms with van der Waals surface area (Å²) in [6.07, 6.45) is 1.54. The third-order valence-corrected chi connectivity index (χ3v) is 6.56. The summed E-state index contributed by atoms with van der Waals surface area (Å²) in [6, 6.07) is 18.4. The van der Waals surface area contributed by atoms with Gasteiger partial charge in [0.2, 0.25) is 0 Å². The van der Waals surface area contributed by atoms with Gasteiger partial charge in [0.25, 0.3) is 11.5 Å². The van der Waals surface area contributed by atoms with Gasteiger partial charge in [-0.1, -0.05) is 29.8 Å². The predicted octanol–water partition coefficient (Wildman–Crippen LogP) is 5.02. The van der Waals surface area contributed by atoms with Gasteiger partial charge in [-0.3, -0.25) is 14.2 Å². The Kier molecular flexibility index (Phi) is 5.00. The molecule has 5 rings (SSSR count). The van der Waals surface area contributed by atoms with E-state index in [1.165, 1.54) is 20.8 Å². The van der Waals surface area contributed by atoms with Crippen LogP contribution in [0.4, 0.5) is 0 Å². The number of hydrogen-bond acceptors (Lipinski definition) is 5. The lowest BCUT2D eigenvalue weighted by Crippen LogP contribution is -2.22. The molecule has 0 saturated carbocycles. The van der Waals surface area contributed by atoms with Crippen molar-refractivity contribution in [1.29, 1.82) is 0 Å². The van der Waals surface area contributed by atoms with Crippen LogP contribution in [-0.2, 0) is 0 Å². The molecule has 0 saturated heterocycles. The second-order valence-corrected chi connectivity index (χ2v) is 9.01. The molecule has 3 aromatic heterocycles. The van der Waals surface area contributed by atoms with Crippen molar-refractivity contribution in [2.24, 2.45) is 0 Å². The Hall–Kier alpha value is -3.55. The van der Waals surface area contributed by atoms with Crippen LogP contribution in [0.15, 0.2) is 71.8 Å². The standard InChI is InChI=1S/C24H17ClN4O2S/c1-28(2)23(30)19-9-5-15-11-17(8-10-18(15)27-19)29-13-26-20-12-21(32-22(20)24(29)31)14-3-6-16(25)7-4-14/h3-13H,1-2H3. The summed E-state index contributed by atoms with van der Waals surface area (Å²) >= 11 is 7.40. The number of rotatable bonds is 3. The van der Waals surface area contributed by atoms with E-state index in [9.17, 15) is 9.59 Å². The number of halogens is 1. The molecule has 0 atom stereocenters. The summed E-state index contributed by atoms with van der Waals surface area (Å²) in [5.41, 5.74) is 3.27. The van der Waals surface area contributed by atoms with E-state index < -0.39 is 0 Å². The van der Waals surface area contributed by atoms with Gasteiger partial charge < -0.3 is 4.90 Å². The maximum Gasteiger partial charge on any atom is 0.275 e. The molecule has 1 amide bonds. The van der Waals surface area contributed by atoms with Crippen molar-refractivity contribution in [1.82, 2.24) is 19.4 Å². The number of pyridine rings is 1. The van der Waals surface area contributed by atoms with Crippen molar-refractivity contribution < 1.29 is 4.79 Å². The Morgan fingerprint density at radius 1 is 1.00 bits per heavy atom. The quantitative estimate of drug-likeness (QED) is 0.379. The highest BCUT2D eigenvalue weighted by Gasteiger charge is 2.13. The van der Waals surface area contributed by atoms with Gasteiger partial charge in [-0.05, 0) is 48.0 Å². The van der Waals surface area contributed by atoms with Crippen LogP contribution < -0.4 is 5.56 Å². The zero-order chi connectivity index (χ0) is 22.4. The molecule has 8 heteroatoms. The fourth-order valence-electron chi connectivity index (χ4n) is 3.46. The molecular weight excluding hydrogens is 444 g/mol. The topological polar surface area (TPSA) is 68.1 Å². The van der Waals surface area contributed by atoms with Crippen LogP contribution in [-0.4, -0.2) is 39.4 Å². The summed E-state index contributed by atoms with van der Waals surface area (Å²) < 4.78 is 2.12. The Bertz CT molecular complexity index is 1550. The number of thiophene rings is 1. The molecule has 0 spiro atoms. The lowest BCUT2D eigenvalue weighted by atomic mass is 10.1. The highest BCUT2D eigenvalue weighted by Crippen LogP contribution is 2.31. The second-order valence-electron chi connectivity index (χ2n) is 7.52. The first kappa shape index (κ1) is 20.4. The van der Waals surface area contributed by atoms with Gasteiger partial charge in [0.1, 0.15) is 16.7 Å². The van der Waals surface area contributed by atoms with E-state index in [1.807, 2.05) is 48.5 Å². The summed E-state index contributed by atoms with van der Waals surface area (Å²) in [6.45, 7) is 0. The lowest BCUT2D eigenvalue weighted by molar-refractivity contribution is 0.0822. The highest BCUT2D eigenvalue weighted by atomic mass is 35.5. The normalized spacial score (nSPS) is 11.2. The molecule has 32 heavy (non-hydrogen) atoms. The molecule has 0 fully saturated rings. The number of carbonyl (C=O) groups is 1. The van der Waals surface area contributed by atoms with Crippen molar-refractivity contribution in [2.75, 3.05) is 14.1 Å². The minimum atomic E-state index is -0.156. The molecular formula is C24H17ClN4O2S. The molecule has 158 valence electrons. The van der Waals surface area contributed by atoms with E-state index in [1.54, 1.807) is 32.6 Å². The van der Waals surface area contributed by atoms with Crippen molar-refractivity contribution in [3.8, 4) is 16.1 Å². The summed E-state index contributed by atoms with van der Waals surface area (Å²) in [4.78, 5) is 36.8. The average molecular weight is 461 g/mol. The number of aromatic nitrogens is 3. The van der Waals surface area contributed by atoms with E-state index in [0.29, 0.717) is 32.1 Å². The van der Waals surface area contributed by atoms with Crippen molar-refractivity contribution >= 4 is 50.0 Å². The van der Waals surface area contributed by atoms with Gasteiger partial charge in [-0.2, -0.15) is 0 Å². The monoisotopic (exact) mass is 460 g/mol. The molecule has 2 aromatic carbocycles. The highest BCUT2D eigenvalue weighted by molar-refractivity contribution is 7.22. The molecule has 3 heterocycles. The zero-order valence-corrected chi connectivity index (χ0v) is 18.8. The van der Waals surface area contributed by atoms with Gasteiger partial charge in [-0.15, -0.1) is 11.3 Å². The molecule has 0 aliphatic carbocycles. The van der Waals surface area contributed by atoms with E-state index in [-0.39, 0.29) is 11.5 Å². The fraction of sp³-hybridized carbons (Fsp3) is 0.0833. The smallest absolute Gasteiger partial charge is 0.275 e. The number of amides is 1. The van der Waals surface area contributed by atoms with E-state index >= 15 is 0 Å². The molecule has 6 nitrogen and oxygen atoms in total. The number of benzene rings is 2. The van der Waals surface area contributed by atoms with Crippen LogP contribution in [0.1, 0.15) is 10.5 Å². The Labute approximate surface area is 192 Å². The molecule has 0 N–H and O–H groups in total. The Morgan fingerprint density at radius 2 is 1.78 bits per heavy atom. The van der Waals surface area contributed by atoms with Gasteiger partial charge in [-0.25, -0.2) is 9.97 Å². The summed E-state index contributed by atoms with van der Waals surface area (Å²) in [5, 5.41) is 1.50. The maximum absolute atomic E-state index is 13.2. The van der Waals surface area contributed by atoms with Gasteiger partial charge >= 0.3 is 0 Å². The molecule has 0 radical (unpaired) electrons. The number of nitrogens with zero attached hydrogens (tertiary/aromatic N) is 4. The van der Waals surface area contributed by atoms with E-state index in [2.05, 4.69) is 9.97 Å².